The summed E-state index contributed by atoms with van der Waals surface area (Å²) in [6.07, 6.45) is 1.16. The molecule has 1 aliphatic rings. The summed E-state index contributed by atoms with van der Waals surface area (Å²) >= 11 is 1.04. The van der Waals surface area contributed by atoms with Gasteiger partial charge in [-0.1, -0.05) is 36.4 Å². The van der Waals surface area contributed by atoms with E-state index in [9.17, 15) is 14.4 Å². The van der Waals surface area contributed by atoms with E-state index >= 15 is 0 Å². The van der Waals surface area contributed by atoms with Gasteiger partial charge in [0.2, 0.25) is 0 Å². The van der Waals surface area contributed by atoms with Crippen molar-refractivity contribution in [3.63, 3.8) is 0 Å². The number of aromatic amines is 1. The third kappa shape index (κ3) is 4.36. The van der Waals surface area contributed by atoms with E-state index in [1.165, 1.54) is 11.0 Å². The molecule has 8 nitrogen and oxygen atoms in total. The van der Waals surface area contributed by atoms with Crippen molar-refractivity contribution in [1.82, 2.24) is 4.98 Å². The molecule has 0 aliphatic carbocycles. The van der Waals surface area contributed by atoms with Crippen LogP contribution in [0.2, 0.25) is 0 Å². The average Bonchev–Trinajstić information content (AvgIpc) is 3.07. The van der Waals surface area contributed by atoms with Crippen LogP contribution in [0.3, 0.4) is 0 Å². The first-order valence-electron chi connectivity index (χ1n) is 9.48. The molecular weight excluding hydrogens is 416 g/mol. The smallest absolute Gasteiger partial charge is 0.332 e. The Morgan fingerprint density at radius 1 is 1.16 bits per heavy atom. The van der Waals surface area contributed by atoms with Crippen LogP contribution in [0, 0.1) is 0 Å². The standard InChI is InChI=1S/C22H18N4O4S/c1-2-30-20(28)13-18-21(29)26(14-8-4-3-5-9-14)22(31-18)25-24-17-12-19(27)23-16-11-7-6-10-15(16)17/h3-13H,2H2,1H3,(H2,23,24,27)/b18-13-,25-22-. The molecule has 0 unspecified atom stereocenters. The summed E-state index contributed by atoms with van der Waals surface area (Å²) in [5.41, 5.74) is 4.38. The van der Waals surface area contributed by atoms with Crippen molar-refractivity contribution in [3.05, 3.63) is 82.0 Å². The molecule has 0 bridgehead atoms. The predicted octanol–water partition coefficient (Wildman–Crippen LogP) is 3.44. The summed E-state index contributed by atoms with van der Waals surface area (Å²) < 4.78 is 4.93. The molecule has 0 spiro atoms. The number of carbonyl (C=O) groups is 2. The minimum Gasteiger partial charge on any atom is -0.463 e. The van der Waals surface area contributed by atoms with Crippen LogP contribution in [0.4, 0.5) is 11.4 Å². The highest BCUT2D eigenvalue weighted by Crippen LogP contribution is 2.35. The number of ether oxygens (including phenoxy) is 1. The van der Waals surface area contributed by atoms with Gasteiger partial charge in [-0.05, 0) is 36.9 Å². The van der Waals surface area contributed by atoms with Crippen molar-refractivity contribution in [2.45, 2.75) is 6.92 Å². The fourth-order valence-electron chi connectivity index (χ4n) is 3.05. The number of anilines is 2. The van der Waals surface area contributed by atoms with Crippen LogP contribution >= 0.6 is 11.8 Å². The predicted molar refractivity (Wildman–Crippen MR) is 122 cm³/mol. The molecule has 1 aromatic heterocycles. The third-order valence-corrected chi connectivity index (χ3v) is 5.35. The van der Waals surface area contributed by atoms with Crippen molar-refractivity contribution in [3.8, 4) is 0 Å². The number of amides is 1. The number of para-hydroxylation sites is 2. The zero-order valence-electron chi connectivity index (χ0n) is 16.5. The van der Waals surface area contributed by atoms with E-state index in [1.807, 2.05) is 24.3 Å². The first-order valence-corrected chi connectivity index (χ1v) is 10.3. The summed E-state index contributed by atoms with van der Waals surface area (Å²) in [6, 6.07) is 17.7. The van der Waals surface area contributed by atoms with Gasteiger partial charge >= 0.3 is 5.97 Å². The van der Waals surface area contributed by atoms with Crippen molar-refractivity contribution in [2.24, 2.45) is 5.10 Å². The van der Waals surface area contributed by atoms with E-state index in [1.54, 1.807) is 37.3 Å². The van der Waals surface area contributed by atoms with Crippen LogP contribution in [-0.2, 0) is 14.3 Å². The van der Waals surface area contributed by atoms with Crippen molar-refractivity contribution < 1.29 is 14.3 Å². The minimum atomic E-state index is -0.596. The van der Waals surface area contributed by atoms with E-state index < -0.39 is 5.97 Å². The van der Waals surface area contributed by atoms with Crippen LogP contribution in [-0.4, -0.2) is 28.6 Å². The summed E-state index contributed by atoms with van der Waals surface area (Å²) in [5, 5.41) is 5.47. The Balaban J connectivity index is 1.73. The lowest BCUT2D eigenvalue weighted by atomic mass is 10.2. The summed E-state index contributed by atoms with van der Waals surface area (Å²) in [7, 11) is 0. The number of rotatable bonds is 5. The number of hydrogen-bond donors (Lipinski definition) is 2. The number of hydrazone groups is 1. The average molecular weight is 434 g/mol. The highest BCUT2D eigenvalue weighted by atomic mass is 32.2. The van der Waals surface area contributed by atoms with Crippen LogP contribution in [0.1, 0.15) is 6.92 Å². The van der Waals surface area contributed by atoms with Gasteiger partial charge in [-0.3, -0.25) is 19.9 Å². The van der Waals surface area contributed by atoms with Crippen molar-refractivity contribution in [2.75, 3.05) is 16.9 Å². The number of thioether (sulfide) groups is 1. The van der Waals surface area contributed by atoms with Crippen molar-refractivity contribution in [1.29, 1.82) is 0 Å². The maximum Gasteiger partial charge on any atom is 0.332 e. The normalized spacial score (nSPS) is 16.3. The molecule has 1 aliphatic heterocycles. The lowest BCUT2D eigenvalue weighted by Crippen LogP contribution is -2.29. The van der Waals surface area contributed by atoms with E-state index in [0.717, 1.165) is 23.2 Å². The number of fused-ring (bicyclic) bond motifs is 1. The van der Waals surface area contributed by atoms with Gasteiger partial charge in [0.05, 0.1) is 28.4 Å². The molecule has 2 N–H and O–H groups in total. The van der Waals surface area contributed by atoms with Gasteiger partial charge in [0.25, 0.3) is 11.5 Å². The summed E-state index contributed by atoms with van der Waals surface area (Å²) in [4.78, 5) is 41.2. The second-order valence-corrected chi connectivity index (χ2v) is 7.45. The molecule has 0 atom stereocenters. The third-order valence-electron chi connectivity index (χ3n) is 4.38. The van der Waals surface area contributed by atoms with Gasteiger partial charge < -0.3 is 9.72 Å². The molecule has 2 aromatic carbocycles. The maximum atomic E-state index is 13.0. The van der Waals surface area contributed by atoms with Crippen LogP contribution in [0.25, 0.3) is 10.9 Å². The van der Waals surface area contributed by atoms with Gasteiger partial charge in [-0.25, -0.2) is 4.79 Å². The molecule has 1 saturated heterocycles. The Labute approximate surface area is 181 Å². The molecule has 2 heterocycles. The Bertz CT molecular complexity index is 1270. The second-order valence-electron chi connectivity index (χ2n) is 6.44. The number of carbonyl (C=O) groups excluding carboxylic acids is 2. The zero-order valence-corrected chi connectivity index (χ0v) is 17.3. The molecule has 0 radical (unpaired) electrons. The van der Waals surface area contributed by atoms with Crippen molar-refractivity contribution >= 4 is 51.1 Å². The lowest BCUT2D eigenvalue weighted by molar-refractivity contribution is -0.137. The molecule has 1 amide bonds. The highest BCUT2D eigenvalue weighted by Gasteiger charge is 2.35. The Hall–Kier alpha value is -3.85. The number of aromatic nitrogens is 1. The van der Waals surface area contributed by atoms with Gasteiger partial charge in [-0.15, -0.1) is 5.10 Å². The topological polar surface area (TPSA) is 104 Å². The minimum absolute atomic E-state index is 0.193. The first kappa shape index (κ1) is 20.4. The Morgan fingerprint density at radius 2 is 1.90 bits per heavy atom. The largest absolute Gasteiger partial charge is 0.463 e. The summed E-state index contributed by atoms with van der Waals surface area (Å²) in [6.45, 7) is 1.90. The number of amidine groups is 1. The van der Waals surface area contributed by atoms with Crippen LogP contribution in [0.5, 0.6) is 0 Å². The number of H-pyrrole nitrogens is 1. The number of benzene rings is 2. The first-order chi connectivity index (χ1) is 15.1. The number of esters is 1. The quantitative estimate of drug-likeness (QED) is 0.362. The lowest BCUT2D eigenvalue weighted by Gasteiger charge is -2.15. The molecule has 3 aromatic rings. The molecule has 156 valence electrons. The van der Waals surface area contributed by atoms with Gasteiger partial charge in [0.15, 0.2) is 5.17 Å². The molecular formula is C22H18N4O4S. The van der Waals surface area contributed by atoms with E-state index in [-0.39, 0.29) is 23.0 Å². The second kappa shape index (κ2) is 8.88. The SMILES string of the molecule is CCOC(=O)/C=C1\S/C(=N\Nc2cc(=O)[nH]c3ccccc23)N(c2ccccc2)C1=O. The van der Waals surface area contributed by atoms with E-state index in [0.29, 0.717) is 22.1 Å². The van der Waals surface area contributed by atoms with Gasteiger partial charge in [0, 0.05) is 17.5 Å². The van der Waals surface area contributed by atoms with Crippen LogP contribution in [0.15, 0.2) is 81.5 Å². The number of nitrogens with one attached hydrogen (secondary N) is 2. The Morgan fingerprint density at radius 3 is 2.68 bits per heavy atom. The molecule has 0 saturated carbocycles. The number of hydrogen-bond acceptors (Lipinski definition) is 7. The van der Waals surface area contributed by atoms with E-state index in [4.69, 9.17) is 4.74 Å². The fourth-order valence-corrected chi connectivity index (χ4v) is 3.95. The highest BCUT2D eigenvalue weighted by molar-refractivity contribution is 8.19. The Kier molecular flexibility index (Phi) is 5.85. The number of nitrogens with zero attached hydrogens (tertiary/aromatic N) is 2. The number of pyridine rings is 1. The van der Waals surface area contributed by atoms with E-state index in [2.05, 4.69) is 15.5 Å². The maximum absolute atomic E-state index is 13.0. The molecule has 1 fully saturated rings. The molecule has 9 heteroatoms. The fraction of sp³-hybridized carbons (Fsp3) is 0.0909. The molecule has 4 rings (SSSR count). The molecule has 31 heavy (non-hydrogen) atoms. The summed E-state index contributed by atoms with van der Waals surface area (Å²) in [5.74, 6) is -0.985. The van der Waals surface area contributed by atoms with Crippen LogP contribution < -0.4 is 15.9 Å². The van der Waals surface area contributed by atoms with Gasteiger partial charge in [0.1, 0.15) is 0 Å². The zero-order chi connectivity index (χ0) is 21.8. The van der Waals surface area contributed by atoms with Gasteiger partial charge in [-0.2, -0.15) is 0 Å². The monoisotopic (exact) mass is 434 g/mol.